The molecule has 0 radical (unpaired) electrons. The second-order valence-corrected chi connectivity index (χ2v) is 6.30. The summed E-state index contributed by atoms with van der Waals surface area (Å²) in [5, 5.41) is 0. The Kier molecular flexibility index (Phi) is 5.46. The number of piperidine rings is 2. The Balaban J connectivity index is 1.41. The Morgan fingerprint density at radius 3 is 2.77 bits per heavy atom. The summed E-state index contributed by atoms with van der Waals surface area (Å²) in [6, 6.07) is 9.81. The first-order valence-electron chi connectivity index (χ1n) is 8.40. The number of ether oxygens (including phenoxy) is 2. The second kappa shape index (κ2) is 7.75. The molecule has 4 heteroatoms. The summed E-state index contributed by atoms with van der Waals surface area (Å²) in [6.07, 6.45) is 6.40. The normalized spacial score (nSPS) is 25.5. The number of carbonyl (C=O) groups is 1. The zero-order valence-corrected chi connectivity index (χ0v) is 13.1. The van der Waals surface area contributed by atoms with Crippen molar-refractivity contribution in [3.63, 3.8) is 0 Å². The van der Waals surface area contributed by atoms with E-state index in [-0.39, 0.29) is 12.6 Å². The zero-order valence-electron chi connectivity index (χ0n) is 13.1. The van der Waals surface area contributed by atoms with Gasteiger partial charge in [-0.2, -0.15) is 0 Å². The molecule has 4 nitrogen and oxygen atoms in total. The molecule has 2 atom stereocenters. The fourth-order valence-electron chi connectivity index (χ4n) is 3.71. The number of nitrogens with zero attached hydrogens (tertiary/aromatic N) is 1. The number of fused-ring (bicyclic) bond motifs is 1. The van der Waals surface area contributed by atoms with E-state index in [4.69, 9.17) is 9.47 Å². The van der Waals surface area contributed by atoms with Crippen molar-refractivity contribution in [3.05, 3.63) is 30.3 Å². The van der Waals surface area contributed by atoms with Crippen LogP contribution in [0.15, 0.2) is 30.3 Å². The third kappa shape index (κ3) is 4.08. The SMILES string of the molecule is O=C(COC[C@H]1CCCN2CCCC[C@@H]12)Oc1ccccc1. The maximum atomic E-state index is 11.8. The minimum atomic E-state index is -0.317. The molecule has 2 aliphatic heterocycles. The fraction of sp³-hybridized carbons (Fsp3) is 0.611. The number of esters is 1. The molecule has 2 saturated heterocycles. The molecule has 2 aliphatic rings. The molecule has 0 N–H and O–H groups in total. The van der Waals surface area contributed by atoms with Crippen molar-refractivity contribution in [2.24, 2.45) is 5.92 Å². The van der Waals surface area contributed by atoms with Crippen molar-refractivity contribution in [3.8, 4) is 5.75 Å². The number of rotatable bonds is 5. The number of hydrogen-bond donors (Lipinski definition) is 0. The van der Waals surface area contributed by atoms with Gasteiger partial charge in [0.05, 0.1) is 6.61 Å². The first kappa shape index (κ1) is 15.5. The first-order valence-corrected chi connectivity index (χ1v) is 8.40. The summed E-state index contributed by atoms with van der Waals surface area (Å²) in [4.78, 5) is 14.4. The summed E-state index contributed by atoms with van der Waals surface area (Å²) in [5.74, 6) is 0.827. The van der Waals surface area contributed by atoms with E-state index in [9.17, 15) is 4.79 Å². The van der Waals surface area contributed by atoms with E-state index >= 15 is 0 Å². The fourth-order valence-corrected chi connectivity index (χ4v) is 3.71. The topological polar surface area (TPSA) is 38.8 Å². The zero-order chi connectivity index (χ0) is 15.2. The van der Waals surface area contributed by atoms with Crippen LogP contribution in [0.2, 0.25) is 0 Å². The number of hydrogen-bond acceptors (Lipinski definition) is 4. The van der Waals surface area contributed by atoms with Gasteiger partial charge in [0, 0.05) is 6.04 Å². The lowest BCUT2D eigenvalue weighted by Crippen LogP contribution is -2.49. The van der Waals surface area contributed by atoms with Crippen LogP contribution in [0.1, 0.15) is 32.1 Å². The van der Waals surface area contributed by atoms with Crippen molar-refractivity contribution in [1.82, 2.24) is 4.90 Å². The first-order chi connectivity index (χ1) is 10.8. The molecule has 0 spiro atoms. The van der Waals surface area contributed by atoms with Crippen LogP contribution in [0.25, 0.3) is 0 Å². The van der Waals surface area contributed by atoms with Gasteiger partial charge >= 0.3 is 5.97 Å². The van der Waals surface area contributed by atoms with Crippen LogP contribution >= 0.6 is 0 Å². The molecule has 120 valence electrons. The highest BCUT2D eigenvalue weighted by atomic mass is 16.6. The third-order valence-electron chi connectivity index (χ3n) is 4.76. The van der Waals surface area contributed by atoms with Gasteiger partial charge in [-0.15, -0.1) is 0 Å². The molecular formula is C18H25NO3. The Bertz CT molecular complexity index is 474. The van der Waals surface area contributed by atoms with Crippen molar-refractivity contribution in [2.45, 2.75) is 38.1 Å². The van der Waals surface area contributed by atoms with Gasteiger partial charge in [-0.25, -0.2) is 4.79 Å². The molecule has 22 heavy (non-hydrogen) atoms. The smallest absolute Gasteiger partial charge is 0.337 e. The quantitative estimate of drug-likeness (QED) is 0.619. The van der Waals surface area contributed by atoms with Crippen molar-refractivity contribution < 1.29 is 14.3 Å². The molecule has 0 bridgehead atoms. The van der Waals surface area contributed by atoms with Gasteiger partial charge in [-0.1, -0.05) is 24.6 Å². The van der Waals surface area contributed by atoms with Crippen molar-refractivity contribution in [2.75, 3.05) is 26.3 Å². The van der Waals surface area contributed by atoms with E-state index in [1.54, 1.807) is 12.1 Å². The molecule has 0 aliphatic carbocycles. The second-order valence-electron chi connectivity index (χ2n) is 6.30. The van der Waals surface area contributed by atoms with E-state index < -0.39 is 0 Å². The minimum absolute atomic E-state index is 0.0398. The van der Waals surface area contributed by atoms with Crippen molar-refractivity contribution in [1.29, 1.82) is 0 Å². The van der Waals surface area contributed by atoms with Crippen LogP contribution in [0.4, 0.5) is 0 Å². The lowest BCUT2D eigenvalue weighted by Gasteiger charge is -2.44. The van der Waals surface area contributed by atoms with Crippen LogP contribution in [0.3, 0.4) is 0 Å². The average molecular weight is 303 g/mol. The number of benzene rings is 1. The van der Waals surface area contributed by atoms with Gasteiger partial charge in [-0.05, 0) is 56.8 Å². The molecule has 0 saturated carbocycles. The van der Waals surface area contributed by atoms with E-state index in [1.165, 1.54) is 45.2 Å². The van der Waals surface area contributed by atoms with Gasteiger partial charge in [0.1, 0.15) is 12.4 Å². The van der Waals surface area contributed by atoms with E-state index in [2.05, 4.69) is 4.90 Å². The van der Waals surface area contributed by atoms with E-state index in [0.29, 0.717) is 24.3 Å². The molecule has 1 aromatic carbocycles. The van der Waals surface area contributed by atoms with E-state index in [0.717, 1.165) is 0 Å². The highest BCUT2D eigenvalue weighted by molar-refractivity contribution is 5.73. The molecular weight excluding hydrogens is 278 g/mol. The summed E-state index contributed by atoms with van der Waals surface area (Å²) in [6.45, 7) is 3.18. The Hall–Kier alpha value is -1.39. The molecule has 1 aromatic rings. The maximum Gasteiger partial charge on any atom is 0.337 e. The molecule has 2 heterocycles. The summed E-state index contributed by atoms with van der Waals surface area (Å²) in [7, 11) is 0. The lowest BCUT2D eigenvalue weighted by molar-refractivity contribution is -0.140. The third-order valence-corrected chi connectivity index (χ3v) is 4.76. The van der Waals surface area contributed by atoms with Crippen LogP contribution < -0.4 is 4.74 Å². The minimum Gasteiger partial charge on any atom is -0.425 e. The van der Waals surface area contributed by atoms with Gasteiger partial charge < -0.3 is 14.4 Å². The number of para-hydroxylation sites is 1. The average Bonchev–Trinajstić information content (AvgIpc) is 2.56. The molecule has 3 rings (SSSR count). The van der Waals surface area contributed by atoms with E-state index in [1.807, 2.05) is 18.2 Å². The summed E-state index contributed by atoms with van der Waals surface area (Å²) >= 11 is 0. The highest BCUT2D eigenvalue weighted by Crippen LogP contribution is 2.30. The van der Waals surface area contributed by atoms with Gasteiger partial charge in [0.25, 0.3) is 0 Å². The molecule has 0 aromatic heterocycles. The standard InChI is InChI=1S/C18H25NO3/c20-18(22-16-8-2-1-3-9-16)14-21-13-15-7-6-12-19-11-5-4-10-17(15)19/h1-3,8-9,15,17H,4-7,10-14H2/t15-,17+/m1/s1. The molecule has 0 unspecified atom stereocenters. The van der Waals surface area contributed by atoms with Crippen molar-refractivity contribution >= 4 is 5.97 Å². The monoisotopic (exact) mass is 303 g/mol. The molecule has 2 fully saturated rings. The van der Waals surface area contributed by atoms with Gasteiger partial charge in [0.2, 0.25) is 0 Å². The number of carbonyl (C=O) groups excluding carboxylic acids is 1. The summed E-state index contributed by atoms with van der Waals surface area (Å²) in [5.41, 5.74) is 0. The maximum absolute atomic E-state index is 11.8. The predicted molar refractivity (Wildman–Crippen MR) is 84.8 cm³/mol. The molecule has 0 amide bonds. The van der Waals surface area contributed by atoms with Crippen LogP contribution in [-0.4, -0.2) is 43.2 Å². The van der Waals surface area contributed by atoms with Crippen LogP contribution in [-0.2, 0) is 9.53 Å². The van der Waals surface area contributed by atoms with Crippen LogP contribution in [0, 0.1) is 5.92 Å². The lowest BCUT2D eigenvalue weighted by atomic mass is 9.84. The Morgan fingerprint density at radius 1 is 1.09 bits per heavy atom. The Labute approximate surface area is 132 Å². The summed E-state index contributed by atoms with van der Waals surface area (Å²) < 4.78 is 10.9. The largest absolute Gasteiger partial charge is 0.425 e. The predicted octanol–water partition coefficient (Wildman–Crippen LogP) is 2.87. The van der Waals surface area contributed by atoms with Gasteiger partial charge in [0.15, 0.2) is 0 Å². The Morgan fingerprint density at radius 2 is 1.91 bits per heavy atom. The van der Waals surface area contributed by atoms with Gasteiger partial charge in [-0.3, -0.25) is 0 Å². The highest BCUT2D eigenvalue weighted by Gasteiger charge is 2.32. The van der Waals surface area contributed by atoms with Crippen LogP contribution in [0.5, 0.6) is 5.75 Å².